The first-order valence-corrected chi connectivity index (χ1v) is 6.13. The minimum Gasteiger partial charge on any atom is -0.347 e. The van der Waals surface area contributed by atoms with Gasteiger partial charge in [0, 0.05) is 35.5 Å². The van der Waals surface area contributed by atoms with Gasteiger partial charge in [0.1, 0.15) is 5.01 Å². The highest BCUT2D eigenvalue weighted by Crippen LogP contribution is 2.12. The van der Waals surface area contributed by atoms with Gasteiger partial charge < -0.3 is 4.57 Å². The van der Waals surface area contributed by atoms with E-state index in [4.69, 9.17) is 0 Å². The standard InChI is InChI=1S/C12H14N2OS/c1-9(2)12(15)10-3-5-14(7-10)8-11-13-4-6-16-11/h3-7,9H,8H2,1-2H3. The van der Waals surface area contributed by atoms with E-state index >= 15 is 0 Å². The monoisotopic (exact) mass is 234 g/mol. The number of rotatable bonds is 4. The molecule has 0 bridgehead atoms. The molecule has 0 unspecified atom stereocenters. The molecule has 3 nitrogen and oxygen atoms in total. The van der Waals surface area contributed by atoms with Gasteiger partial charge in [-0.2, -0.15) is 0 Å². The Labute approximate surface area is 98.8 Å². The quantitative estimate of drug-likeness (QED) is 0.762. The summed E-state index contributed by atoms with van der Waals surface area (Å²) in [5, 5.41) is 3.01. The van der Waals surface area contributed by atoms with Gasteiger partial charge in [0.2, 0.25) is 0 Å². The summed E-state index contributed by atoms with van der Waals surface area (Å²) in [4.78, 5) is 15.9. The molecule has 0 aliphatic carbocycles. The van der Waals surface area contributed by atoms with E-state index in [1.54, 1.807) is 17.5 Å². The van der Waals surface area contributed by atoms with Crippen LogP contribution in [0.3, 0.4) is 0 Å². The fourth-order valence-corrected chi connectivity index (χ4v) is 2.13. The summed E-state index contributed by atoms with van der Waals surface area (Å²) in [6.45, 7) is 4.57. The zero-order valence-electron chi connectivity index (χ0n) is 9.38. The Kier molecular flexibility index (Phi) is 3.19. The van der Waals surface area contributed by atoms with Gasteiger partial charge in [-0.1, -0.05) is 13.8 Å². The smallest absolute Gasteiger partial charge is 0.166 e. The van der Waals surface area contributed by atoms with Gasteiger partial charge in [-0.3, -0.25) is 4.79 Å². The number of carbonyl (C=O) groups excluding carboxylic acids is 1. The third kappa shape index (κ3) is 2.39. The molecule has 0 saturated heterocycles. The normalized spacial score (nSPS) is 10.9. The molecule has 84 valence electrons. The molecule has 0 amide bonds. The van der Waals surface area contributed by atoms with Crippen LogP contribution in [-0.2, 0) is 6.54 Å². The van der Waals surface area contributed by atoms with E-state index in [-0.39, 0.29) is 11.7 Å². The summed E-state index contributed by atoms with van der Waals surface area (Å²) in [6.07, 6.45) is 5.62. The van der Waals surface area contributed by atoms with E-state index in [0.717, 1.165) is 17.1 Å². The van der Waals surface area contributed by atoms with Crippen LogP contribution < -0.4 is 0 Å². The summed E-state index contributed by atoms with van der Waals surface area (Å²) in [5.74, 6) is 0.244. The third-order valence-corrected chi connectivity index (χ3v) is 3.13. The highest BCUT2D eigenvalue weighted by Gasteiger charge is 2.11. The molecule has 0 spiro atoms. The predicted octanol–water partition coefficient (Wildman–Crippen LogP) is 2.83. The summed E-state index contributed by atoms with van der Waals surface area (Å²) in [5.41, 5.74) is 0.784. The zero-order valence-corrected chi connectivity index (χ0v) is 10.2. The molecule has 2 aromatic rings. The molecule has 0 fully saturated rings. The summed E-state index contributed by atoms with van der Waals surface area (Å²) >= 11 is 1.62. The number of hydrogen-bond acceptors (Lipinski definition) is 3. The van der Waals surface area contributed by atoms with Crippen molar-refractivity contribution in [1.82, 2.24) is 9.55 Å². The molecular weight excluding hydrogens is 220 g/mol. The minimum atomic E-state index is 0.0516. The van der Waals surface area contributed by atoms with Gasteiger partial charge in [0.15, 0.2) is 5.78 Å². The van der Waals surface area contributed by atoms with Crippen LogP contribution in [0, 0.1) is 5.92 Å². The number of Topliss-reactive ketones (excluding diaryl/α,β-unsaturated/α-hetero) is 1. The first-order valence-electron chi connectivity index (χ1n) is 5.25. The zero-order chi connectivity index (χ0) is 11.5. The summed E-state index contributed by atoms with van der Waals surface area (Å²) in [6, 6.07) is 1.87. The van der Waals surface area contributed by atoms with Crippen LogP contribution in [0.15, 0.2) is 30.0 Å². The number of aromatic nitrogens is 2. The second-order valence-electron chi connectivity index (χ2n) is 4.02. The predicted molar refractivity (Wildman–Crippen MR) is 64.8 cm³/mol. The average Bonchev–Trinajstić information content (AvgIpc) is 2.88. The van der Waals surface area contributed by atoms with E-state index < -0.39 is 0 Å². The van der Waals surface area contributed by atoms with Crippen LogP contribution in [0.4, 0.5) is 0 Å². The Bertz CT molecular complexity index is 471. The lowest BCUT2D eigenvalue weighted by atomic mass is 10.0. The molecule has 0 atom stereocenters. The van der Waals surface area contributed by atoms with Crippen molar-refractivity contribution in [2.24, 2.45) is 5.92 Å². The average molecular weight is 234 g/mol. The Balaban J connectivity index is 2.11. The second kappa shape index (κ2) is 4.61. The fourth-order valence-electron chi connectivity index (χ4n) is 1.51. The fraction of sp³-hybridized carbons (Fsp3) is 0.333. The number of carbonyl (C=O) groups is 1. The SMILES string of the molecule is CC(C)C(=O)c1ccn(Cc2nccs2)c1. The van der Waals surface area contributed by atoms with E-state index in [2.05, 4.69) is 4.98 Å². The lowest BCUT2D eigenvalue weighted by molar-refractivity contribution is 0.0939. The van der Waals surface area contributed by atoms with Crippen molar-refractivity contribution in [3.05, 3.63) is 40.6 Å². The van der Waals surface area contributed by atoms with Crippen molar-refractivity contribution in [3.63, 3.8) is 0 Å². The first-order chi connectivity index (χ1) is 7.66. The number of nitrogens with zero attached hydrogens (tertiary/aromatic N) is 2. The second-order valence-corrected chi connectivity index (χ2v) is 5.00. The molecule has 4 heteroatoms. The van der Waals surface area contributed by atoms with Crippen molar-refractivity contribution in [1.29, 1.82) is 0 Å². The lowest BCUT2D eigenvalue weighted by Crippen LogP contribution is -2.06. The summed E-state index contributed by atoms with van der Waals surface area (Å²) in [7, 11) is 0. The topological polar surface area (TPSA) is 34.9 Å². The molecule has 0 N–H and O–H groups in total. The summed E-state index contributed by atoms with van der Waals surface area (Å²) < 4.78 is 1.99. The molecule has 0 aliphatic heterocycles. The Morgan fingerprint density at radius 2 is 2.38 bits per heavy atom. The van der Waals surface area contributed by atoms with E-state index in [0.29, 0.717) is 0 Å². The van der Waals surface area contributed by atoms with E-state index in [1.807, 2.05) is 42.3 Å². The van der Waals surface area contributed by atoms with Crippen LogP contribution in [0.25, 0.3) is 0 Å². The van der Waals surface area contributed by atoms with Gasteiger partial charge >= 0.3 is 0 Å². The Hall–Kier alpha value is -1.42. The number of ketones is 1. The molecule has 0 aromatic carbocycles. The van der Waals surface area contributed by atoms with E-state index in [1.165, 1.54) is 0 Å². The highest BCUT2D eigenvalue weighted by molar-refractivity contribution is 7.09. The van der Waals surface area contributed by atoms with Gasteiger partial charge in [-0.05, 0) is 6.07 Å². The van der Waals surface area contributed by atoms with Crippen LogP contribution >= 0.6 is 11.3 Å². The van der Waals surface area contributed by atoms with Crippen LogP contribution in [-0.4, -0.2) is 15.3 Å². The Morgan fingerprint density at radius 3 is 3.00 bits per heavy atom. The van der Waals surface area contributed by atoms with Crippen LogP contribution in [0.1, 0.15) is 29.2 Å². The number of hydrogen-bond donors (Lipinski definition) is 0. The molecule has 2 heterocycles. The first kappa shape index (κ1) is 11.1. The molecule has 0 aliphatic rings. The van der Waals surface area contributed by atoms with Gasteiger partial charge in [0.05, 0.1) is 6.54 Å². The van der Waals surface area contributed by atoms with Crippen molar-refractivity contribution in [3.8, 4) is 0 Å². The molecule has 16 heavy (non-hydrogen) atoms. The maximum absolute atomic E-state index is 11.7. The minimum absolute atomic E-state index is 0.0516. The van der Waals surface area contributed by atoms with Crippen molar-refractivity contribution in [2.45, 2.75) is 20.4 Å². The molecule has 2 rings (SSSR count). The molecule has 0 radical (unpaired) electrons. The van der Waals surface area contributed by atoms with Gasteiger partial charge in [0.25, 0.3) is 0 Å². The van der Waals surface area contributed by atoms with Crippen molar-refractivity contribution < 1.29 is 4.79 Å². The third-order valence-electron chi connectivity index (χ3n) is 2.36. The lowest BCUT2D eigenvalue weighted by Gasteiger charge is -2.01. The number of thiazole rings is 1. The molecule has 0 saturated carbocycles. The van der Waals surface area contributed by atoms with Crippen molar-refractivity contribution >= 4 is 17.1 Å². The highest BCUT2D eigenvalue weighted by atomic mass is 32.1. The van der Waals surface area contributed by atoms with Crippen LogP contribution in [0.2, 0.25) is 0 Å². The maximum Gasteiger partial charge on any atom is 0.166 e. The Morgan fingerprint density at radius 1 is 1.56 bits per heavy atom. The van der Waals surface area contributed by atoms with E-state index in [9.17, 15) is 4.79 Å². The molecular formula is C12H14N2OS. The largest absolute Gasteiger partial charge is 0.347 e. The molecule has 2 aromatic heterocycles. The maximum atomic E-state index is 11.7. The van der Waals surface area contributed by atoms with Crippen molar-refractivity contribution in [2.75, 3.05) is 0 Å². The van der Waals surface area contributed by atoms with Crippen LogP contribution in [0.5, 0.6) is 0 Å². The van der Waals surface area contributed by atoms with Gasteiger partial charge in [-0.15, -0.1) is 11.3 Å². The van der Waals surface area contributed by atoms with Gasteiger partial charge in [-0.25, -0.2) is 4.98 Å².